The molecule has 0 radical (unpaired) electrons. The minimum absolute atomic E-state index is 0.0576. The molecular formula is C18H23N3O2S. The number of ether oxygens (including phenoxy) is 1. The van der Waals surface area contributed by atoms with Crippen LogP contribution in [0.5, 0.6) is 0 Å². The van der Waals surface area contributed by atoms with Crippen molar-refractivity contribution >= 4 is 18.7 Å². The maximum absolute atomic E-state index is 12.4. The van der Waals surface area contributed by atoms with Crippen LogP contribution in [0.2, 0.25) is 0 Å². The maximum Gasteiger partial charge on any atom is 0.410 e. The van der Waals surface area contributed by atoms with E-state index < -0.39 is 5.60 Å². The number of thiol groups is 1. The Morgan fingerprint density at radius 3 is 2.71 bits per heavy atom. The number of nitrogens with zero attached hydrogens (tertiary/aromatic N) is 2. The third-order valence-electron chi connectivity index (χ3n) is 3.97. The molecule has 0 unspecified atom stereocenters. The summed E-state index contributed by atoms with van der Waals surface area (Å²) in [5, 5.41) is 0. The number of aromatic nitrogens is 2. The number of carbonyl (C=O) groups excluding carboxylic acids is 1. The first-order valence-electron chi connectivity index (χ1n) is 8.17. The lowest BCUT2D eigenvalue weighted by Crippen LogP contribution is -2.36. The summed E-state index contributed by atoms with van der Waals surface area (Å²) in [6, 6.07) is 7.83. The first kappa shape index (κ1) is 16.9. The maximum atomic E-state index is 12.4. The van der Waals surface area contributed by atoms with Crippen LogP contribution in [-0.4, -0.2) is 33.1 Å². The Kier molecular flexibility index (Phi) is 4.58. The Bertz CT molecular complexity index is 719. The van der Waals surface area contributed by atoms with E-state index >= 15 is 0 Å². The number of carbonyl (C=O) groups is 1. The summed E-state index contributed by atoms with van der Waals surface area (Å²) in [4.78, 5) is 23.0. The van der Waals surface area contributed by atoms with E-state index in [-0.39, 0.29) is 12.1 Å². The molecule has 0 bridgehead atoms. The van der Waals surface area contributed by atoms with Crippen LogP contribution in [0.4, 0.5) is 4.79 Å². The molecule has 2 aromatic rings. The molecule has 2 heterocycles. The lowest BCUT2D eigenvalue weighted by molar-refractivity contribution is 0.0219. The first-order valence-corrected chi connectivity index (χ1v) is 8.62. The van der Waals surface area contributed by atoms with Crippen molar-refractivity contribution in [1.29, 1.82) is 0 Å². The van der Waals surface area contributed by atoms with Crippen LogP contribution in [0.1, 0.15) is 45.5 Å². The average Bonchev–Trinajstić information content (AvgIpc) is 3.15. The highest BCUT2D eigenvalue weighted by molar-refractivity contribution is 7.80. The number of likely N-dealkylation sites (tertiary alicyclic amines) is 1. The Morgan fingerprint density at radius 2 is 2.04 bits per heavy atom. The molecule has 0 spiro atoms. The summed E-state index contributed by atoms with van der Waals surface area (Å²) >= 11 is 4.30. The van der Waals surface area contributed by atoms with Crippen molar-refractivity contribution in [1.82, 2.24) is 14.9 Å². The number of hydrogen-bond donors (Lipinski definition) is 2. The summed E-state index contributed by atoms with van der Waals surface area (Å²) in [6.45, 7) is 6.34. The highest BCUT2D eigenvalue weighted by atomic mass is 32.1. The van der Waals surface area contributed by atoms with Gasteiger partial charge in [-0.3, -0.25) is 4.90 Å². The summed E-state index contributed by atoms with van der Waals surface area (Å²) < 4.78 is 5.51. The second-order valence-corrected chi connectivity index (χ2v) is 7.58. The average molecular weight is 345 g/mol. The zero-order valence-electron chi connectivity index (χ0n) is 14.2. The van der Waals surface area contributed by atoms with Gasteiger partial charge in [-0.15, -0.1) is 12.6 Å². The van der Waals surface area contributed by atoms with Gasteiger partial charge in [-0.05, 0) is 51.3 Å². The van der Waals surface area contributed by atoms with Crippen LogP contribution >= 0.6 is 12.6 Å². The third-order valence-corrected chi connectivity index (χ3v) is 4.27. The fraction of sp³-hybridized carbons (Fsp3) is 0.444. The number of benzene rings is 1. The SMILES string of the molecule is CC(C)(C)OC(=O)N1CCC[C@H]1c1ncc(-c2ccc(S)cc2)[nH]1. The monoisotopic (exact) mass is 345 g/mol. The largest absolute Gasteiger partial charge is 0.444 e. The Balaban J connectivity index is 1.78. The van der Waals surface area contributed by atoms with Gasteiger partial charge in [-0.25, -0.2) is 9.78 Å². The molecule has 5 nitrogen and oxygen atoms in total. The second kappa shape index (κ2) is 6.51. The Hall–Kier alpha value is -1.95. The predicted octanol–water partition coefficient (Wildman–Crippen LogP) is 4.44. The zero-order chi connectivity index (χ0) is 17.3. The van der Waals surface area contributed by atoms with Gasteiger partial charge in [-0.2, -0.15) is 0 Å². The molecule has 0 saturated carbocycles. The molecule has 128 valence electrons. The summed E-state index contributed by atoms with van der Waals surface area (Å²) in [5.74, 6) is 0.809. The molecule has 24 heavy (non-hydrogen) atoms. The Labute approximate surface area is 147 Å². The number of H-pyrrole nitrogens is 1. The van der Waals surface area contributed by atoms with Gasteiger partial charge < -0.3 is 9.72 Å². The van der Waals surface area contributed by atoms with Crippen molar-refractivity contribution < 1.29 is 9.53 Å². The molecule has 1 atom stereocenters. The van der Waals surface area contributed by atoms with Gasteiger partial charge in [0.1, 0.15) is 11.4 Å². The molecule has 1 fully saturated rings. The molecule has 0 aliphatic carbocycles. The molecule has 1 N–H and O–H groups in total. The van der Waals surface area contributed by atoms with E-state index in [4.69, 9.17) is 4.74 Å². The molecule has 6 heteroatoms. The quantitative estimate of drug-likeness (QED) is 0.791. The van der Waals surface area contributed by atoms with Crippen LogP contribution in [0.25, 0.3) is 11.3 Å². The van der Waals surface area contributed by atoms with Crippen LogP contribution < -0.4 is 0 Å². The normalized spacial score (nSPS) is 18.0. The first-order chi connectivity index (χ1) is 11.3. The molecule has 1 aromatic heterocycles. The molecule has 1 aliphatic heterocycles. The highest BCUT2D eigenvalue weighted by Gasteiger charge is 2.34. The van der Waals surface area contributed by atoms with E-state index in [1.165, 1.54) is 0 Å². The van der Waals surface area contributed by atoms with Crippen molar-refractivity contribution in [3.63, 3.8) is 0 Å². The van der Waals surface area contributed by atoms with Crippen molar-refractivity contribution in [2.24, 2.45) is 0 Å². The molecule has 1 aromatic carbocycles. The van der Waals surface area contributed by atoms with E-state index in [0.717, 1.165) is 34.8 Å². The van der Waals surface area contributed by atoms with Gasteiger partial charge in [0, 0.05) is 11.4 Å². The smallest absolute Gasteiger partial charge is 0.410 e. The van der Waals surface area contributed by atoms with Crippen molar-refractivity contribution in [2.45, 2.75) is 50.2 Å². The number of aromatic amines is 1. The van der Waals surface area contributed by atoms with E-state index in [1.807, 2.05) is 51.2 Å². The second-order valence-electron chi connectivity index (χ2n) is 7.06. The van der Waals surface area contributed by atoms with E-state index in [1.54, 1.807) is 4.90 Å². The number of hydrogen-bond acceptors (Lipinski definition) is 4. The van der Waals surface area contributed by atoms with Crippen LogP contribution in [-0.2, 0) is 4.74 Å². The van der Waals surface area contributed by atoms with E-state index in [2.05, 4.69) is 22.6 Å². The van der Waals surface area contributed by atoms with Gasteiger partial charge in [0.2, 0.25) is 0 Å². The minimum Gasteiger partial charge on any atom is -0.444 e. The number of nitrogens with one attached hydrogen (secondary N) is 1. The summed E-state index contributed by atoms with van der Waals surface area (Å²) in [7, 11) is 0. The van der Waals surface area contributed by atoms with Crippen molar-refractivity contribution in [3.05, 3.63) is 36.3 Å². The van der Waals surface area contributed by atoms with E-state index in [0.29, 0.717) is 6.54 Å². The number of rotatable bonds is 2. The zero-order valence-corrected chi connectivity index (χ0v) is 15.1. The van der Waals surface area contributed by atoms with Crippen molar-refractivity contribution in [2.75, 3.05) is 6.54 Å². The molecule has 1 aliphatic rings. The van der Waals surface area contributed by atoms with Gasteiger partial charge in [0.05, 0.1) is 17.9 Å². The minimum atomic E-state index is -0.493. The van der Waals surface area contributed by atoms with Crippen LogP contribution in [0.3, 0.4) is 0 Å². The number of imidazole rings is 1. The molecule has 1 saturated heterocycles. The van der Waals surface area contributed by atoms with Gasteiger partial charge >= 0.3 is 6.09 Å². The Morgan fingerprint density at radius 1 is 1.33 bits per heavy atom. The van der Waals surface area contributed by atoms with Crippen LogP contribution in [0.15, 0.2) is 35.4 Å². The lowest BCUT2D eigenvalue weighted by Gasteiger charge is -2.27. The topological polar surface area (TPSA) is 58.2 Å². The van der Waals surface area contributed by atoms with Gasteiger partial charge in [0.15, 0.2) is 0 Å². The highest BCUT2D eigenvalue weighted by Crippen LogP contribution is 2.32. The van der Waals surface area contributed by atoms with Gasteiger partial charge in [0.25, 0.3) is 0 Å². The van der Waals surface area contributed by atoms with E-state index in [9.17, 15) is 4.79 Å². The predicted molar refractivity (Wildman–Crippen MR) is 96.2 cm³/mol. The fourth-order valence-corrected chi connectivity index (χ4v) is 3.03. The molecular weight excluding hydrogens is 322 g/mol. The lowest BCUT2D eigenvalue weighted by atomic mass is 10.2. The summed E-state index contributed by atoms with van der Waals surface area (Å²) in [5.41, 5.74) is 1.50. The van der Waals surface area contributed by atoms with Crippen molar-refractivity contribution in [3.8, 4) is 11.3 Å². The van der Waals surface area contributed by atoms with Crippen LogP contribution in [0, 0.1) is 0 Å². The summed E-state index contributed by atoms with van der Waals surface area (Å²) in [6.07, 6.45) is 3.38. The molecule has 1 amide bonds. The standard InChI is InChI=1S/C18H23N3O2S/c1-18(2,3)23-17(22)21-10-4-5-15(21)16-19-11-14(20-16)12-6-8-13(24)9-7-12/h6-9,11,15,24H,4-5,10H2,1-3H3,(H,19,20)/t15-/m0/s1. The number of amides is 1. The van der Waals surface area contributed by atoms with Gasteiger partial charge in [-0.1, -0.05) is 12.1 Å². The fourth-order valence-electron chi connectivity index (χ4n) is 2.88. The molecule has 3 rings (SSSR count). The third kappa shape index (κ3) is 3.75.